The Morgan fingerprint density at radius 2 is 2.67 bits per heavy atom. The van der Waals surface area contributed by atoms with Gasteiger partial charge in [-0.25, -0.2) is 0 Å². The molecule has 47 valence electrons. The van der Waals surface area contributed by atoms with Gasteiger partial charge in [-0.1, -0.05) is 0 Å². The van der Waals surface area contributed by atoms with E-state index in [-0.39, 0.29) is 0 Å². The maximum absolute atomic E-state index is 3.20. The van der Waals surface area contributed by atoms with E-state index in [1.165, 1.54) is 18.0 Å². The van der Waals surface area contributed by atoms with Crippen LogP contribution < -0.4 is 0 Å². The summed E-state index contributed by atoms with van der Waals surface area (Å²) in [6, 6.07) is 5.20. The molecular weight excluding hydrogens is 130 g/mol. The topological polar surface area (TPSA) is 4.93 Å². The van der Waals surface area contributed by atoms with Crippen LogP contribution in [-0.4, -0.2) is 10.3 Å². The maximum atomic E-state index is 3.20. The monoisotopic (exact) mass is 138 g/mol. The summed E-state index contributed by atoms with van der Waals surface area (Å²) < 4.78 is 2.27. The van der Waals surface area contributed by atoms with E-state index in [0.717, 1.165) is 5.75 Å². The Labute approximate surface area is 59.1 Å². The van der Waals surface area contributed by atoms with Crippen molar-refractivity contribution >= 4 is 11.8 Å². The predicted octanol–water partition coefficient (Wildman–Crippen LogP) is 1.54. The minimum atomic E-state index is 1.15. The molecular formula is C7H8NS. The highest BCUT2D eigenvalue weighted by atomic mass is 32.2. The number of nitrogens with zero attached hydrogens (tertiary/aromatic N) is 1. The highest BCUT2D eigenvalue weighted by Gasteiger charge is 2.05. The van der Waals surface area contributed by atoms with Gasteiger partial charge in [0.15, 0.2) is 0 Å². The molecule has 1 radical (unpaired) electrons. The van der Waals surface area contributed by atoms with E-state index in [1.54, 1.807) is 0 Å². The van der Waals surface area contributed by atoms with Gasteiger partial charge in [0, 0.05) is 36.0 Å². The van der Waals surface area contributed by atoms with E-state index >= 15 is 0 Å². The average molecular weight is 138 g/mol. The molecule has 0 saturated heterocycles. The van der Waals surface area contributed by atoms with Crippen LogP contribution in [0.2, 0.25) is 0 Å². The van der Waals surface area contributed by atoms with Gasteiger partial charge in [0.2, 0.25) is 0 Å². The predicted molar refractivity (Wildman–Crippen MR) is 39.4 cm³/mol. The summed E-state index contributed by atoms with van der Waals surface area (Å²) in [5.41, 5.74) is 1.35. The van der Waals surface area contributed by atoms with Crippen LogP contribution in [0.5, 0.6) is 0 Å². The Bertz CT molecular complexity index is 184. The van der Waals surface area contributed by atoms with Crippen molar-refractivity contribution in [1.82, 2.24) is 4.57 Å². The normalized spacial score (nSPS) is 17.3. The second-order valence-corrected chi connectivity index (χ2v) is 3.26. The second-order valence-electron chi connectivity index (χ2n) is 2.15. The molecule has 0 aliphatic carbocycles. The molecule has 0 fully saturated rings. The zero-order valence-corrected chi connectivity index (χ0v) is 5.95. The number of thioether (sulfide) groups is 1. The number of aryl methyl sites for hydroxylation is 1. The van der Waals surface area contributed by atoms with E-state index in [0.29, 0.717) is 0 Å². The van der Waals surface area contributed by atoms with Crippen molar-refractivity contribution in [2.24, 2.45) is 0 Å². The van der Waals surface area contributed by atoms with E-state index in [2.05, 4.69) is 16.8 Å². The summed E-state index contributed by atoms with van der Waals surface area (Å²) in [7, 11) is 0. The lowest BCUT2D eigenvalue weighted by atomic mass is 10.5. The molecule has 0 bridgehead atoms. The first kappa shape index (κ1) is 5.42. The minimum absolute atomic E-state index is 1.15. The molecule has 1 aliphatic heterocycles. The zero-order chi connectivity index (χ0) is 6.10. The van der Waals surface area contributed by atoms with Crippen molar-refractivity contribution in [2.45, 2.75) is 12.3 Å². The number of rotatable bonds is 0. The van der Waals surface area contributed by atoms with Crippen molar-refractivity contribution < 1.29 is 0 Å². The summed E-state index contributed by atoms with van der Waals surface area (Å²) in [6.45, 7) is 1.17. The molecule has 0 atom stereocenters. The zero-order valence-electron chi connectivity index (χ0n) is 5.13. The molecule has 1 aromatic rings. The lowest BCUT2D eigenvalue weighted by Gasteiger charge is -2.13. The van der Waals surface area contributed by atoms with Crippen molar-refractivity contribution in [3.63, 3.8) is 0 Å². The Hall–Kier alpha value is -0.370. The van der Waals surface area contributed by atoms with E-state index in [1.807, 2.05) is 17.8 Å². The standard InChI is InChI=1S/C7H8NS/c1-2-7-6-9-5-4-8(7)3-1/h1,3H,4-6H2. The Morgan fingerprint density at radius 1 is 1.67 bits per heavy atom. The van der Waals surface area contributed by atoms with Crippen molar-refractivity contribution in [1.29, 1.82) is 0 Å². The minimum Gasteiger partial charge on any atom is -0.349 e. The molecule has 2 rings (SSSR count). The van der Waals surface area contributed by atoms with E-state index in [4.69, 9.17) is 0 Å². The molecule has 0 aromatic carbocycles. The van der Waals surface area contributed by atoms with Gasteiger partial charge in [0.05, 0.1) is 0 Å². The number of hydrogen-bond donors (Lipinski definition) is 0. The molecule has 2 heterocycles. The Morgan fingerprint density at radius 3 is 3.56 bits per heavy atom. The van der Waals surface area contributed by atoms with Crippen molar-refractivity contribution in [3.8, 4) is 0 Å². The maximum Gasteiger partial charge on any atom is 0.0354 e. The van der Waals surface area contributed by atoms with Gasteiger partial charge >= 0.3 is 0 Å². The fourth-order valence-corrected chi connectivity index (χ4v) is 1.97. The second kappa shape index (κ2) is 2.10. The van der Waals surface area contributed by atoms with Crippen molar-refractivity contribution in [2.75, 3.05) is 5.75 Å². The summed E-state index contributed by atoms with van der Waals surface area (Å²) in [4.78, 5) is 0. The van der Waals surface area contributed by atoms with Crippen molar-refractivity contribution in [3.05, 3.63) is 24.0 Å². The fraction of sp³-hybridized carbons (Fsp3) is 0.429. The van der Waals surface area contributed by atoms with Crippen LogP contribution in [0.15, 0.2) is 12.3 Å². The Balaban J connectivity index is 2.39. The van der Waals surface area contributed by atoms with Gasteiger partial charge in [0.25, 0.3) is 0 Å². The SMILES string of the molecule is [c]1ccn2c1CSCC2. The first-order chi connectivity index (χ1) is 4.47. The van der Waals surface area contributed by atoms with Gasteiger partial charge in [0.1, 0.15) is 0 Å². The van der Waals surface area contributed by atoms with Crippen LogP contribution in [0.3, 0.4) is 0 Å². The van der Waals surface area contributed by atoms with E-state index < -0.39 is 0 Å². The van der Waals surface area contributed by atoms with Gasteiger partial charge in [-0.3, -0.25) is 0 Å². The molecule has 1 nitrogen and oxygen atoms in total. The lowest BCUT2D eigenvalue weighted by Crippen LogP contribution is -2.08. The van der Waals surface area contributed by atoms with Crippen LogP contribution in [0.4, 0.5) is 0 Å². The first-order valence-electron chi connectivity index (χ1n) is 3.10. The number of hydrogen-bond acceptors (Lipinski definition) is 1. The molecule has 0 saturated carbocycles. The van der Waals surface area contributed by atoms with Crippen LogP contribution in [0, 0.1) is 6.07 Å². The first-order valence-corrected chi connectivity index (χ1v) is 4.26. The molecule has 1 aromatic heterocycles. The molecule has 9 heavy (non-hydrogen) atoms. The fourth-order valence-electron chi connectivity index (χ4n) is 1.06. The van der Waals surface area contributed by atoms with Gasteiger partial charge < -0.3 is 4.57 Å². The Kier molecular flexibility index (Phi) is 1.27. The summed E-state index contributed by atoms with van der Waals surface area (Å²) in [5.74, 6) is 2.41. The van der Waals surface area contributed by atoms with Gasteiger partial charge in [-0.05, 0) is 6.07 Å². The molecule has 0 N–H and O–H groups in total. The average Bonchev–Trinajstić information content (AvgIpc) is 2.33. The number of fused-ring (bicyclic) bond motifs is 1. The smallest absolute Gasteiger partial charge is 0.0354 e. The largest absolute Gasteiger partial charge is 0.349 e. The highest BCUT2D eigenvalue weighted by molar-refractivity contribution is 7.98. The third-order valence-corrected chi connectivity index (χ3v) is 2.52. The van der Waals surface area contributed by atoms with Crippen LogP contribution >= 0.6 is 11.8 Å². The van der Waals surface area contributed by atoms with Crippen LogP contribution in [0.25, 0.3) is 0 Å². The van der Waals surface area contributed by atoms with Crippen LogP contribution in [-0.2, 0) is 12.3 Å². The lowest BCUT2D eigenvalue weighted by molar-refractivity contribution is 0.732. The van der Waals surface area contributed by atoms with Gasteiger partial charge in [-0.15, -0.1) is 0 Å². The van der Waals surface area contributed by atoms with E-state index in [9.17, 15) is 0 Å². The summed E-state index contributed by atoms with van der Waals surface area (Å²) in [6.07, 6.45) is 2.11. The molecule has 1 aliphatic rings. The van der Waals surface area contributed by atoms with Crippen LogP contribution in [0.1, 0.15) is 5.69 Å². The van der Waals surface area contributed by atoms with Gasteiger partial charge in [-0.2, -0.15) is 11.8 Å². The molecule has 0 unspecified atom stereocenters. The highest BCUT2D eigenvalue weighted by Crippen LogP contribution is 2.18. The molecule has 2 heteroatoms. The number of aromatic nitrogens is 1. The summed E-state index contributed by atoms with van der Waals surface area (Å²) in [5, 5.41) is 0. The quantitative estimate of drug-likeness (QED) is 0.526. The summed E-state index contributed by atoms with van der Waals surface area (Å²) >= 11 is 1.99. The molecule has 0 amide bonds. The third-order valence-electron chi connectivity index (χ3n) is 1.57. The third kappa shape index (κ3) is 0.874. The molecule has 0 spiro atoms.